The third-order valence-electron chi connectivity index (χ3n) is 3.77. The van der Waals surface area contributed by atoms with Crippen LogP contribution in [0.3, 0.4) is 0 Å². The second-order valence-corrected chi connectivity index (χ2v) is 5.96. The Hall–Kier alpha value is -0.610. The summed E-state index contributed by atoms with van der Waals surface area (Å²) in [7, 11) is 0. The summed E-state index contributed by atoms with van der Waals surface area (Å²) >= 11 is 0. The van der Waals surface area contributed by atoms with Gasteiger partial charge in [0, 0.05) is 13.1 Å². The number of carbonyl (C=O) groups excluding carboxylic acids is 1. The highest BCUT2D eigenvalue weighted by molar-refractivity contribution is 5.80. The molecule has 1 aliphatic heterocycles. The molecule has 0 aromatic heterocycles. The Kier molecular flexibility index (Phi) is 6.80. The zero-order valence-electron chi connectivity index (χ0n) is 13.0. The van der Waals surface area contributed by atoms with Crippen molar-refractivity contribution in [1.29, 1.82) is 0 Å². The summed E-state index contributed by atoms with van der Waals surface area (Å²) in [6.45, 7) is 12.4. The number of nitrogens with one attached hydrogen (secondary N) is 1. The minimum absolute atomic E-state index is 0.123. The van der Waals surface area contributed by atoms with E-state index in [2.05, 4.69) is 24.1 Å². The lowest BCUT2D eigenvalue weighted by Gasteiger charge is -2.38. The average Bonchev–Trinajstić information content (AvgIpc) is 2.36. The molecule has 1 fully saturated rings. The lowest BCUT2D eigenvalue weighted by molar-refractivity contribution is -0.151. The van der Waals surface area contributed by atoms with Crippen molar-refractivity contribution in [3.63, 3.8) is 0 Å². The first-order chi connectivity index (χ1) is 9.01. The first-order valence-electron chi connectivity index (χ1n) is 7.66. The van der Waals surface area contributed by atoms with Gasteiger partial charge >= 0.3 is 5.97 Å². The topological polar surface area (TPSA) is 41.6 Å². The van der Waals surface area contributed by atoms with Gasteiger partial charge in [-0.05, 0) is 52.1 Å². The van der Waals surface area contributed by atoms with Crippen LogP contribution in [-0.2, 0) is 9.53 Å². The second-order valence-electron chi connectivity index (χ2n) is 5.96. The van der Waals surface area contributed by atoms with Gasteiger partial charge in [0.2, 0.25) is 0 Å². The normalized spacial score (nSPS) is 23.9. The maximum absolute atomic E-state index is 12.2. The van der Waals surface area contributed by atoms with Crippen molar-refractivity contribution in [3.8, 4) is 0 Å². The first kappa shape index (κ1) is 16.4. The quantitative estimate of drug-likeness (QED) is 0.719. The number of piperidine rings is 1. The van der Waals surface area contributed by atoms with Crippen LogP contribution in [0.25, 0.3) is 0 Å². The fraction of sp³-hybridized carbons (Fsp3) is 0.933. The van der Waals surface area contributed by atoms with E-state index in [9.17, 15) is 4.79 Å². The summed E-state index contributed by atoms with van der Waals surface area (Å²) in [5.74, 6) is 0.605. The molecular formula is C15H30N2O2. The molecular weight excluding hydrogens is 240 g/mol. The molecule has 1 heterocycles. The highest BCUT2D eigenvalue weighted by Gasteiger charge is 2.36. The van der Waals surface area contributed by atoms with Crippen LogP contribution in [-0.4, -0.2) is 49.2 Å². The van der Waals surface area contributed by atoms with E-state index < -0.39 is 5.54 Å². The van der Waals surface area contributed by atoms with Crippen molar-refractivity contribution >= 4 is 5.97 Å². The van der Waals surface area contributed by atoms with Gasteiger partial charge in [0.25, 0.3) is 0 Å². The summed E-state index contributed by atoms with van der Waals surface area (Å²) in [5, 5.41) is 3.38. The molecule has 2 unspecified atom stereocenters. The second kappa shape index (κ2) is 7.85. The van der Waals surface area contributed by atoms with E-state index in [1.54, 1.807) is 0 Å². The van der Waals surface area contributed by atoms with E-state index in [0.717, 1.165) is 38.5 Å². The molecule has 0 radical (unpaired) electrons. The number of nitrogens with zero attached hydrogens (tertiary/aromatic N) is 1. The number of hydrogen-bond donors (Lipinski definition) is 1. The molecule has 2 atom stereocenters. The maximum Gasteiger partial charge on any atom is 0.327 e. The van der Waals surface area contributed by atoms with Gasteiger partial charge in [-0.25, -0.2) is 0 Å². The van der Waals surface area contributed by atoms with Crippen LogP contribution in [0.2, 0.25) is 0 Å². The lowest BCUT2D eigenvalue weighted by atomic mass is 9.96. The van der Waals surface area contributed by atoms with Crippen molar-refractivity contribution in [2.45, 2.75) is 52.5 Å². The largest absolute Gasteiger partial charge is 0.465 e. The van der Waals surface area contributed by atoms with Crippen LogP contribution in [0.5, 0.6) is 0 Å². The summed E-state index contributed by atoms with van der Waals surface area (Å²) in [6, 6.07) is 0. The van der Waals surface area contributed by atoms with Gasteiger partial charge in [0.1, 0.15) is 5.54 Å². The zero-order chi connectivity index (χ0) is 14.3. The Morgan fingerprint density at radius 1 is 1.47 bits per heavy atom. The lowest BCUT2D eigenvalue weighted by Crippen LogP contribution is -2.58. The number of likely N-dealkylation sites (tertiary alicyclic amines) is 1. The van der Waals surface area contributed by atoms with Crippen molar-refractivity contribution in [3.05, 3.63) is 0 Å². The van der Waals surface area contributed by atoms with E-state index in [4.69, 9.17) is 4.74 Å². The Labute approximate surface area is 117 Å². The molecule has 112 valence electrons. The Morgan fingerprint density at radius 3 is 2.79 bits per heavy atom. The Bertz CT molecular complexity index is 283. The standard InChI is InChI=1S/C15H30N2O2/c1-5-9-16-15(4,14(18)19-6-2)12-17-10-7-8-13(3)11-17/h13,16H,5-12H2,1-4H3. The number of rotatable bonds is 7. The van der Waals surface area contributed by atoms with E-state index >= 15 is 0 Å². The van der Waals surface area contributed by atoms with Crippen LogP contribution >= 0.6 is 0 Å². The van der Waals surface area contributed by atoms with Gasteiger partial charge in [-0.2, -0.15) is 0 Å². The molecule has 0 bridgehead atoms. The predicted molar refractivity (Wildman–Crippen MR) is 78.2 cm³/mol. The number of ether oxygens (including phenoxy) is 1. The molecule has 1 rings (SSSR count). The zero-order valence-corrected chi connectivity index (χ0v) is 13.0. The van der Waals surface area contributed by atoms with Crippen molar-refractivity contribution < 1.29 is 9.53 Å². The molecule has 19 heavy (non-hydrogen) atoms. The van der Waals surface area contributed by atoms with Gasteiger partial charge in [0.05, 0.1) is 6.61 Å². The summed E-state index contributed by atoms with van der Waals surface area (Å²) in [5.41, 5.74) is -0.580. The van der Waals surface area contributed by atoms with E-state index in [1.807, 2.05) is 13.8 Å². The van der Waals surface area contributed by atoms with E-state index in [-0.39, 0.29) is 5.97 Å². The van der Waals surface area contributed by atoms with Gasteiger partial charge in [0.15, 0.2) is 0 Å². The predicted octanol–water partition coefficient (Wildman–Crippen LogP) is 2.04. The van der Waals surface area contributed by atoms with Gasteiger partial charge < -0.3 is 15.0 Å². The molecule has 1 saturated heterocycles. The molecule has 0 amide bonds. The number of esters is 1. The molecule has 0 aromatic rings. The average molecular weight is 270 g/mol. The van der Waals surface area contributed by atoms with Gasteiger partial charge in [-0.1, -0.05) is 13.8 Å². The van der Waals surface area contributed by atoms with E-state index in [0.29, 0.717) is 6.61 Å². The summed E-state index contributed by atoms with van der Waals surface area (Å²) in [4.78, 5) is 14.6. The molecule has 4 nitrogen and oxygen atoms in total. The SMILES string of the molecule is CCCNC(C)(CN1CCCC(C)C1)C(=O)OCC. The van der Waals surface area contributed by atoms with Crippen LogP contribution in [0.4, 0.5) is 0 Å². The monoisotopic (exact) mass is 270 g/mol. The summed E-state index contributed by atoms with van der Waals surface area (Å²) in [6.07, 6.45) is 3.55. The van der Waals surface area contributed by atoms with Crippen LogP contribution in [0.1, 0.15) is 47.0 Å². The molecule has 0 saturated carbocycles. The van der Waals surface area contributed by atoms with Crippen molar-refractivity contribution in [1.82, 2.24) is 10.2 Å². The Morgan fingerprint density at radius 2 is 2.21 bits per heavy atom. The van der Waals surface area contributed by atoms with Gasteiger partial charge in [-0.3, -0.25) is 4.79 Å². The summed E-state index contributed by atoms with van der Waals surface area (Å²) < 4.78 is 5.24. The smallest absolute Gasteiger partial charge is 0.327 e. The Balaban J connectivity index is 2.64. The minimum atomic E-state index is -0.580. The molecule has 0 spiro atoms. The fourth-order valence-corrected chi connectivity index (χ4v) is 2.76. The molecule has 0 aromatic carbocycles. The molecule has 0 aliphatic carbocycles. The minimum Gasteiger partial charge on any atom is -0.465 e. The molecule has 4 heteroatoms. The highest BCUT2D eigenvalue weighted by Crippen LogP contribution is 2.19. The molecule has 1 N–H and O–H groups in total. The van der Waals surface area contributed by atoms with E-state index in [1.165, 1.54) is 12.8 Å². The third kappa shape index (κ3) is 5.11. The fourth-order valence-electron chi connectivity index (χ4n) is 2.76. The number of carbonyl (C=O) groups is 1. The third-order valence-corrected chi connectivity index (χ3v) is 3.77. The highest BCUT2D eigenvalue weighted by atomic mass is 16.5. The van der Waals surface area contributed by atoms with Crippen LogP contribution in [0, 0.1) is 5.92 Å². The van der Waals surface area contributed by atoms with Crippen LogP contribution in [0.15, 0.2) is 0 Å². The van der Waals surface area contributed by atoms with Crippen molar-refractivity contribution in [2.75, 3.05) is 32.8 Å². The van der Waals surface area contributed by atoms with Gasteiger partial charge in [-0.15, -0.1) is 0 Å². The first-order valence-corrected chi connectivity index (χ1v) is 7.66. The number of hydrogen-bond acceptors (Lipinski definition) is 4. The molecule has 1 aliphatic rings. The maximum atomic E-state index is 12.2. The van der Waals surface area contributed by atoms with Crippen molar-refractivity contribution in [2.24, 2.45) is 5.92 Å². The van der Waals surface area contributed by atoms with Crippen LogP contribution < -0.4 is 5.32 Å².